The molecule has 0 fully saturated rings. The van der Waals surface area contributed by atoms with Crippen LogP contribution >= 0.6 is 11.3 Å². The molecule has 0 spiro atoms. The van der Waals surface area contributed by atoms with E-state index in [2.05, 4.69) is 28.3 Å². The molecule has 0 unspecified atom stereocenters. The van der Waals surface area contributed by atoms with E-state index in [9.17, 15) is 4.79 Å². The van der Waals surface area contributed by atoms with E-state index in [1.54, 1.807) is 6.20 Å². The van der Waals surface area contributed by atoms with Gasteiger partial charge in [-0.2, -0.15) is 0 Å². The van der Waals surface area contributed by atoms with E-state index in [-0.39, 0.29) is 5.91 Å². The van der Waals surface area contributed by atoms with Gasteiger partial charge in [0.05, 0.1) is 17.9 Å². The second kappa shape index (κ2) is 6.72. The van der Waals surface area contributed by atoms with Crippen molar-refractivity contribution in [3.63, 3.8) is 0 Å². The quantitative estimate of drug-likeness (QED) is 0.596. The molecule has 0 aliphatic carbocycles. The first-order valence-corrected chi connectivity index (χ1v) is 9.17. The van der Waals surface area contributed by atoms with Gasteiger partial charge in [-0.05, 0) is 49.7 Å². The standard InChI is InChI=1S/C20H18N4OS/c1-13-11-14(2)23-20-16(13)17(24-9-5-6-10-24)18(26-20)19(25)22-12-15-7-3-4-8-21-15/h3-11H,12H2,1-2H3,(H,22,25). The largest absolute Gasteiger partial charge is 0.346 e. The average molecular weight is 362 g/mol. The van der Waals surface area contributed by atoms with E-state index in [0.717, 1.165) is 32.9 Å². The van der Waals surface area contributed by atoms with Crippen LogP contribution in [-0.2, 0) is 6.54 Å². The fourth-order valence-corrected chi connectivity index (χ4v) is 4.27. The number of aromatic nitrogens is 3. The molecule has 0 aliphatic rings. The lowest BCUT2D eigenvalue weighted by atomic mass is 10.1. The van der Waals surface area contributed by atoms with E-state index in [0.29, 0.717) is 11.4 Å². The van der Waals surface area contributed by atoms with Crippen molar-refractivity contribution >= 4 is 27.5 Å². The van der Waals surface area contributed by atoms with Crippen LogP contribution in [0.4, 0.5) is 0 Å². The molecule has 0 saturated carbocycles. The van der Waals surface area contributed by atoms with Crippen LogP contribution in [0.25, 0.3) is 15.9 Å². The molecule has 4 heterocycles. The van der Waals surface area contributed by atoms with Crippen molar-refractivity contribution in [2.75, 3.05) is 0 Å². The highest BCUT2D eigenvalue weighted by atomic mass is 32.1. The van der Waals surface area contributed by atoms with Gasteiger partial charge < -0.3 is 9.88 Å². The van der Waals surface area contributed by atoms with E-state index < -0.39 is 0 Å². The number of hydrogen-bond donors (Lipinski definition) is 1. The predicted octanol–water partition coefficient (Wildman–Crippen LogP) is 4.03. The van der Waals surface area contributed by atoms with Crippen LogP contribution in [0.1, 0.15) is 26.6 Å². The van der Waals surface area contributed by atoms with Gasteiger partial charge in [-0.15, -0.1) is 11.3 Å². The molecule has 6 heteroatoms. The Morgan fingerprint density at radius 2 is 2.00 bits per heavy atom. The topological polar surface area (TPSA) is 59.8 Å². The maximum absolute atomic E-state index is 12.9. The molecule has 0 atom stereocenters. The number of carbonyl (C=O) groups is 1. The highest BCUT2D eigenvalue weighted by Crippen LogP contribution is 2.35. The molecule has 1 N–H and O–H groups in total. The first-order chi connectivity index (χ1) is 12.6. The zero-order valence-corrected chi connectivity index (χ0v) is 15.4. The van der Waals surface area contributed by atoms with Crippen molar-refractivity contribution in [3.05, 3.63) is 76.8 Å². The van der Waals surface area contributed by atoms with E-state index >= 15 is 0 Å². The van der Waals surface area contributed by atoms with Gasteiger partial charge in [0.1, 0.15) is 9.71 Å². The SMILES string of the molecule is Cc1cc(C)c2c(-n3cccc3)c(C(=O)NCc3ccccn3)sc2n1. The van der Waals surface area contributed by atoms with E-state index in [4.69, 9.17) is 0 Å². The monoisotopic (exact) mass is 362 g/mol. The zero-order valence-electron chi connectivity index (χ0n) is 14.6. The van der Waals surface area contributed by atoms with Crippen LogP contribution in [0.2, 0.25) is 0 Å². The number of nitrogens with one attached hydrogen (secondary N) is 1. The number of nitrogens with zero attached hydrogens (tertiary/aromatic N) is 3. The highest BCUT2D eigenvalue weighted by molar-refractivity contribution is 7.21. The van der Waals surface area contributed by atoms with Crippen LogP contribution in [0.3, 0.4) is 0 Å². The van der Waals surface area contributed by atoms with Crippen molar-refractivity contribution < 1.29 is 4.79 Å². The molecule has 1 amide bonds. The minimum atomic E-state index is -0.112. The van der Waals surface area contributed by atoms with Crippen molar-refractivity contribution in [1.82, 2.24) is 19.9 Å². The second-order valence-corrected chi connectivity index (χ2v) is 7.13. The van der Waals surface area contributed by atoms with Gasteiger partial charge in [-0.1, -0.05) is 6.07 Å². The Labute approximate surface area is 155 Å². The summed E-state index contributed by atoms with van der Waals surface area (Å²) in [5, 5.41) is 4.01. The van der Waals surface area contributed by atoms with Crippen molar-refractivity contribution in [2.24, 2.45) is 0 Å². The molecule has 5 nitrogen and oxygen atoms in total. The molecule has 0 aromatic carbocycles. The highest BCUT2D eigenvalue weighted by Gasteiger charge is 2.22. The van der Waals surface area contributed by atoms with Crippen molar-refractivity contribution in [2.45, 2.75) is 20.4 Å². The van der Waals surface area contributed by atoms with E-state index in [1.807, 2.05) is 54.2 Å². The molecule has 4 aromatic heterocycles. The van der Waals surface area contributed by atoms with Crippen LogP contribution in [0.5, 0.6) is 0 Å². The van der Waals surface area contributed by atoms with Gasteiger partial charge in [0.15, 0.2) is 0 Å². The Bertz CT molecular complexity index is 1070. The number of fused-ring (bicyclic) bond motifs is 1. The maximum Gasteiger partial charge on any atom is 0.263 e. The third-order valence-corrected chi connectivity index (χ3v) is 5.26. The summed E-state index contributed by atoms with van der Waals surface area (Å²) in [5.74, 6) is -0.112. The summed E-state index contributed by atoms with van der Waals surface area (Å²) < 4.78 is 1.98. The minimum absolute atomic E-state index is 0.112. The van der Waals surface area contributed by atoms with Crippen molar-refractivity contribution in [3.8, 4) is 5.69 Å². The van der Waals surface area contributed by atoms with Gasteiger partial charge in [0.2, 0.25) is 0 Å². The summed E-state index contributed by atoms with van der Waals surface area (Å²) in [7, 11) is 0. The van der Waals surface area contributed by atoms with Gasteiger partial charge in [-0.25, -0.2) is 4.98 Å². The van der Waals surface area contributed by atoms with Gasteiger partial charge in [0, 0.05) is 29.7 Å². The molecule has 0 bridgehead atoms. The van der Waals surface area contributed by atoms with Crippen molar-refractivity contribution in [1.29, 1.82) is 0 Å². The van der Waals surface area contributed by atoms with Crippen LogP contribution in [0.15, 0.2) is 55.0 Å². The third-order valence-electron chi connectivity index (χ3n) is 4.19. The Morgan fingerprint density at radius 3 is 2.73 bits per heavy atom. The first-order valence-electron chi connectivity index (χ1n) is 8.35. The second-order valence-electron chi connectivity index (χ2n) is 6.13. The number of amides is 1. The fourth-order valence-electron chi connectivity index (χ4n) is 3.06. The van der Waals surface area contributed by atoms with Crippen LogP contribution < -0.4 is 5.32 Å². The summed E-state index contributed by atoms with van der Waals surface area (Å²) in [4.78, 5) is 23.4. The molecule has 0 radical (unpaired) electrons. The number of thiophene rings is 1. The average Bonchev–Trinajstić information content (AvgIpc) is 3.27. The first kappa shape index (κ1) is 16.5. The Hall–Kier alpha value is -2.99. The number of pyridine rings is 2. The predicted molar refractivity (Wildman–Crippen MR) is 104 cm³/mol. The molecular formula is C20H18N4OS. The maximum atomic E-state index is 12.9. The molecule has 26 heavy (non-hydrogen) atoms. The molecular weight excluding hydrogens is 344 g/mol. The van der Waals surface area contributed by atoms with E-state index in [1.165, 1.54) is 11.3 Å². The summed E-state index contributed by atoms with van der Waals surface area (Å²) >= 11 is 1.43. The number of aryl methyl sites for hydroxylation is 2. The normalized spacial score (nSPS) is 11.0. The van der Waals surface area contributed by atoms with Gasteiger partial charge >= 0.3 is 0 Å². The molecule has 0 aliphatic heterocycles. The Morgan fingerprint density at radius 1 is 1.19 bits per heavy atom. The fraction of sp³-hybridized carbons (Fsp3) is 0.150. The lowest BCUT2D eigenvalue weighted by molar-refractivity contribution is 0.0954. The smallest absolute Gasteiger partial charge is 0.263 e. The van der Waals surface area contributed by atoms with Crippen LogP contribution in [-0.4, -0.2) is 20.4 Å². The minimum Gasteiger partial charge on any atom is -0.346 e. The molecule has 4 rings (SSSR count). The van der Waals surface area contributed by atoms with Gasteiger partial charge in [-0.3, -0.25) is 9.78 Å². The molecule has 0 saturated heterocycles. The van der Waals surface area contributed by atoms with Gasteiger partial charge in [0.25, 0.3) is 5.91 Å². The number of carbonyl (C=O) groups excluding carboxylic acids is 1. The van der Waals surface area contributed by atoms with Crippen LogP contribution in [0, 0.1) is 13.8 Å². The summed E-state index contributed by atoms with van der Waals surface area (Å²) in [6.07, 6.45) is 5.63. The lowest BCUT2D eigenvalue weighted by Gasteiger charge is -2.08. The summed E-state index contributed by atoms with van der Waals surface area (Å²) in [5.41, 5.74) is 3.79. The molecule has 4 aromatic rings. The number of hydrogen-bond acceptors (Lipinski definition) is 4. The summed E-state index contributed by atoms with van der Waals surface area (Å²) in [6, 6.07) is 11.6. The molecule has 130 valence electrons. The lowest BCUT2D eigenvalue weighted by Crippen LogP contribution is -2.23. The zero-order chi connectivity index (χ0) is 18.1. The Kier molecular flexibility index (Phi) is 4.26. The number of rotatable bonds is 4. The summed E-state index contributed by atoms with van der Waals surface area (Å²) in [6.45, 7) is 4.43. The third kappa shape index (κ3) is 2.99. The Balaban J connectivity index is 1.77.